The van der Waals surface area contributed by atoms with Crippen molar-refractivity contribution in [3.63, 3.8) is 0 Å². The van der Waals surface area contributed by atoms with Crippen LogP contribution in [-0.4, -0.2) is 11.5 Å². The lowest BCUT2D eigenvalue weighted by Crippen LogP contribution is -2.18. The normalized spacial score (nSPS) is 12.6. The van der Waals surface area contributed by atoms with Crippen molar-refractivity contribution in [3.05, 3.63) is 39.8 Å². The molecule has 0 amide bonds. The van der Waals surface area contributed by atoms with E-state index in [0.717, 1.165) is 15.4 Å². The fourth-order valence-corrected chi connectivity index (χ4v) is 4.08. The number of hydrogen-bond acceptors (Lipinski definition) is 4. The molecule has 1 atom stereocenters. The van der Waals surface area contributed by atoms with Crippen LogP contribution in [0.25, 0.3) is 0 Å². The number of hydrogen-bond donors (Lipinski definition) is 1. The van der Waals surface area contributed by atoms with Crippen LogP contribution in [0.5, 0.6) is 0 Å². The first kappa shape index (κ1) is 14.1. The molecule has 2 rings (SSSR count). The highest BCUT2D eigenvalue weighted by molar-refractivity contribution is 9.10. The number of aromatic nitrogens is 1. The molecule has 0 aliphatic heterocycles. The first-order chi connectivity index (χ1) is 8.70. The van der Waals surface area contributed by atoms with E-state index in [9.17, 15) is 0 Å². The van der Waals surface area contributed by atoms with Gasteiger partial charge in [-0.1, -0.05) is 40.7 Å². The lowest BCUT2D eigenvalue weighted by Gasteiger charge is -2.16. The first-order valence-electron chi connectivity index (χ1n) is 5.81. The number of nitrogens with one attached hydrogen (secondary N) is 1. The van der Waals surface area contributed by atoms with Gasteiger partial charge in [-0.3, -0.25) is 0 Å². The molecule has 0 saturated carbocycles. The van der Waals surface area contributed by atoms with Gasteiger partial charge in [-0.05, 0) is 31.2 Å². The van der Waals surface area contributed by atoms with E-state index in [1.165, 1.54) is 10.5 Å². The van der Waals surface area contributed by atoms with Crippen molar-refractivity contribution in [2.75, 3.05) is 6.54 Å². The fraction of sp³-hybridized carbons (Fsp3) is 0.308. The van der Waals surface area contributed by atoms with Gasteiger partial charge in [0.1, 0.15) is 0 Å². The molecule has 1 aromatic carbocycles. The Morgan fingerprint density at radius 1 is 1.50 bits per heavy atom. The second-order valence-electron chi connectivity index (χ2n) is 3.86. The molecule has 96 valence electrons. The molecule has 1 N–H and O–H groups in total. The monoisotopic (exact) mass is 342 g/mol. The van der Waals surface area contributed by atoms with Crippen LogP contribution in [0.1, 0.15) is 25.5 Å². The van der Waals surface area contributed by atoms with Crippen molar-refractivity contribution in [1.29, 1.82) is 0 Å². The SMILES string of the molecule is CCNC(C)c1ccc(Br)cc1Sc1nccs1. The first-order valence-corrected chi connectivity index (χ1v) is 8.29. The summed E-state index contributed by atoms with van der Waals surface area (Å²) < 4.78 is 2.19. The van der Waals surface area contributed by atoms with E-state index in [1.807, 2.05) is 11.6 Å². The average Bonchev–Trinajstić information content (AvgIpc) is 2.82. The number of thiazole rings is 1. The maximum Gasteiger partial charge on any atom is 0.154 e. The third kappa shape index (κ3) is 3.57. The van der Waals surface area contributed by atoms with Crippen molar-refractivity contribution in [2.45, 2.75) is 29.1 Å². The second kappa shape index (κ2) is 6.70. The molecular formula is C13H15BrN2S2. The molecule has 2 aromatic rings. The molecule has 2 nitrogen and oxygen atoms in total. The third-order valence-electron chi connectivity index (χ3n) is 2.56. The van der Waals surface area contributed by atoms with Crippen LogP contribution in [0, 0.1) is 0 Å². The summed E-state index contributed by atoms with van der Waals surface area (Å²) in [7, 11) is 0. The molecule has 1 heterocycles. The molecule has 18 heavy (non-hydrogen) atoms. The summed E-state index contributed by atoms with van der Waals surface area (Å²) in [6.45, 7) is 5.29. The predicted molar refractivity (Wildman–Crippen MR) is 82.5 cm³/mol. The Bertz CT molecular complexity index is 500. The average molecular weight is 343 g/mol. The minimum Gasteiger partial charge on any atom is -0.310 e. The highest BCUT2D eigenvalue weighted by atomic mass is 79.9. The van der Waals surface area contributed by atoms with Crippen LogP contribution < -0.4 is 5.32 Å². The van der Waals surface area contributed by atoms with Gasteiger partial charge in [0.2, 0.25) is 0 Å². The molecular weight excluding hydrogens is 328 g/mol. The van der Waals surface area contributed by atoms with E-state index in [2.05, 4.69) is 58.3 Å². The van der Waals surface area contributed by atoms with E-state index >= 15 is 0 Å². The van der Waals surface area contributed by atoms with Crippen molar-refractivity contribution < 1.29 is 0 Å². The van der Waals surface area contributed by atoms with Crippen molar-refractivity contribution in [2.24, 2.45) is 0 Å². The Hall–Kier alpha value is -0.360. The largest absolute Gasteiger partial charge is 0.310 e. The smallest absolute Gasteiger partial charge is 0.154 e. The molecule has 0 spiro atoms. The zero-order valence-electron chi connectivity index (χ0n) is 10.3. The van der Waals surface area contributed by atoms with Gasteiger partial charge in [0.15, 0.2) is 4.34 Å². The van der Waals surface area contributed by atoms with Crippen LogP contribution in [0.3, 0.4) is 0 Å². The number of nitrogens with zero attached hydrogens (tertiary/aromatic N) is 1. The summed E-state index contributed by atoms with van der Waals surface area (Å²) in [5, 5.41) is 5.46. The van der Waals surface area contributed by atoms with Gasteiger partial charge in [-0.15, -0.1) is 11.3 Å². The fourth-order valence-electron chi connectivity index (χ4n) is 1.73. The minimum atomic E-state index is 0.352. The Kier molecular flexibility index (Phi) is 5.24. The van der Waals surface area contributed by atoms with E-state index in [0.29, 0.717) is 6.04 Å². The number of rotatable bonds is 5. The predicted octanol–water partition coefficient (Wildman–Crippen LogP) is 4.73. The van der Waals surface area contributed by atoms with Crippen molar-refractivity contribution in [1.82, 2.24) is 10.3 Å². The summed E-state index contributed by atoms with van der Waals surface area (Å²) in [5.74, 6) is 0. The quantitative estimate of drug-likeness (QED) is 0.850. The summed E-state index contributed by atoms with van der Waals surface area (Å²) in [4.78, 5) is 5.59. The number of halogens is 1. The maximum absolute atomic E-state index is 4.33. The Labute approximate surface area is 124 Å². The zero-order valence-corrected chi connectivity index (χ0v) is 13.5. The Morgan fingerprint density at radius 3 is 3.00 bits per heavy atom. The van der Waals surface area contributed by atoms with E-state index in [-0.39, 0.29) is 0 Å². The van der Waals surface area contributed by atoms with Gasteiger partial charge >= 0.3 is 0 Å². The third-order valence-corrected chi connectivity index (χ3v) is 5.01. The van der Waals surface area contributed by atoms with Gasteiger partial charge in [-0.2, -0.15) is 0 Å². The highest BCUT2D eigenvalue weighted by Crippen LogP contribution is 2.36. The summed E-state index contributed by atoms with van der Waals surface area (Å²) in [6.07, 6.45) is 1.85. The van der Waals surface area contributed by atoms with Gasteiger partial charge < -0.3 is 5.32 Å². The van der Waals surface area contributed by atoms with E-state index < -0.39 is 0 Å². The minimum absolute atomic E-state index is 0.352. The Balaban J connectivity index is 2.28. The lowest BCUT2D eigenvalue weighted by atomic mass is 10.1. The Morgan fingerprint density at radius 2 is 2.33 bits per heavy atom. The summed E-state index contributed by atoms with van der Waals surface area (Å²) >= 11 is 6.94. The lowest BCUT2D eigenvalue weighted by molar-refractivity contribution is 0.589. The van der Waals surface area contributed by atoms with E-state index in [4.69, 9.17) is 0 Å². The standard InChI is InChI=1S/C13H15BrN2S2/c1-3-15-9(2)11-5-4-10(14)8-12(11)18-13-16-6-7-17-13/h4-9,15H,3H2,1-2H3. The number of benzene rings is 1. The molecule has 1 aromatic heterocycles. The molecule has 5 heteroatoms. The van der Waals surface area contributed by atoms with Crippen molar-refractivity contribution in [3.8, 4) is 0 Å². The summed E-state index contributed by atoms with van der Waals surface area (Å²) in [6, 6.07) is 6.78. The van der Waals surface area contributed by atoms with Gasteiger partial charge in [0, 0.05) is 27.0 Å². The maximum atomic E-state index is 4.33. The molecule has 0 bridgehead atoms. The second-order valence-corrected chi connectivity index (χ2v) is 6.96. The van der Waals surface area contributed by atoms with Crippen molar-refractivity contribution >= 4 is 39.0 Å². The van der Waals surface area contributed by atoms with Crippen LogP contribution >= 0.6 is 39.0 Å². The molecule has 0 radical (unpaired) electrons. The van der Waals surface area contributed by atoms with Gasteiger partial charge in [-0.25, -0.2) is 4.98 Å². The molecule has 0 fully saturated rings. The molecule has 0 aliphatic carbocycles. The summed E-state index contributed by atoms with van der Waals surface area (Å²) in [5.41, 5.74) is 1.32. The molecule has 0 aliphatic rings. The van der Waals surface area contributed by atoms with Gasteiger partial charge in [0.05, 0.1) is 0 Å². The van der Waals surface area contributed by atoms with Gasteiger partial charge in [0.25, 0.3) is 0 Å². The topological polar surface area (TPSA) is 24.9 Å². The van der Waals surface area contributed by atoms with Crippen LogP contribution in [0.2, 0.25) is 0 Å². The highest BCUT2D eigenvalue weighted by Gasteiger charge is 2.12. The van der Waals surface area contributed by atoms with Crippen LogP contribution in [-0.2, 0) is 0 Å². The van der Waals surface area contributed by atoms with Crippen LogP contribution in [0.15, 0.2) is 43.5 Å². The molecule has 1 unspecified atom stereocenters. The van der Waals surface area contributed by atoms with E-state index in [1.54, 1.807) is 23.1 Å². The van der Waals surface area contributed by atoms with Crippen LogP contribution in [0.4, 0.5) is 0 Å². The zero-order chi connectivity index (χ0) is 13.0. The molecule has 0 saturated heterocycles.